The summed E-state index contributed by atoms with van der Waals surface area (Å²) in [6.45, 7) is 0. The molecular weight excluding hydrogens is 281 g/mol. The number of aryl methyl sites for hydroxylation is 1. The first-order valence-electron chi connectivity index (χ1n) is 5.85. The summed E-state index contributed by atoms with van der Waals surface area (Å²) >= 11 is 0. The van der Waals surface area contributed by atoms with E-state index in [1.54, 1.807) is 18.2 Å². The first-order chi connectivity index (χ1) is 9.95. The Labute approximate surface area is 119 Å². The van der Waals surface area contributed by atoms with Crippen molar-refractivity contribution in [1.29, 1.82) is 0 Å². The molecule has 7 nitrogen and oxygen atoms in total. The van der Waals surface area contributed by atoms with Crippen LogP contribution in [0, 0.1) is 5.82 Å². The van der Waals surface area contributed by atoms with Crippen LogP contribution in [0.5, 0.6) is 5.75 Å². The van der Waals surface area contributed by atoms with Gasteiger partial charge in [-0.15, -0.1) is 0 Å². The summed E-state index contributed by atoms with van der Waals surface area (Å²) in [7, 11) is 2.73. The maximum atomic E-state index is 13.9. The maximum Gasteiger partial charge on any atom is 0.359 e. The van der Waals surface area contributed by atoms with Crippen LogP contribution in [0.4, 0.5) is 10.2 Å². The second-order valence-electron chi connectivity index (χ2n) is 4.09. The molecule has 1 aromatic heterocycles. The molecule has 0 fully saturated rings. The van der Waals surface area contributed by atoms with E-state index in [0.29, 0.717) is 5.75 Å². The topological polar surface area (TPSA) is 93.4 Å². The highest BCUT2D eigenvalue weighted by Crippen LogP contribution is 2.21. The molecule has 0 saturated heterocycles. The summed E-state index contributed by atoms with van der Waals surface area (Å²) in [4.78, 5) is 22.9. The largest absolute Gasteiger partial charge is 0.496 e. The summed E-state index contributed by atoms with van der Waals surface area (Å²) < 4.78 is 19.9. The molecule has 1 heterocycles. The third kappa shape index (κ3) is 2.69. The van der Waals surface area contributed by atoms with E-state index in [4.69, 9.17) is 9.84 Å². The molecule has 2 N–H and O–H groups in total. The molecule has 1 aromatic carbocycles. The summed E-state index contributed by atoms with van der Waals surface area (Å²) in [6.07, 6.45) is 0. The Balaban J connectivity index is 2.34. The molecule has 0 atom stereocenters. The van der Waals surface area contributed by atoms with Gasteiger partial charge in [-0.25, -0.2) is 13.9 Å². The highest BCUT2D eigenvalue weighted by molar-refractivity contribution is 6.06. The van der Waals surface area contributed by atoms with Crippen LogP contribution in [0.15, 0.2) is 24.3 Å². The zero-order chi connectivity index (χ0) is 15.6. The number of para-hydroxylation sites is 1. The molecule has 0 radical (unpaired) electrons. The monoisotopic (exact) mass is 293 g/mol. The van der Waals surface area contributed by atoms with Crippen molar-refractivity contribution in [2.24, 2.45) is 7.05 Å². The molecule has 21 heavy (non-hydrogen) atoms. The van der Waals surface area contributed by atoms with E-state index in [0.717, 1.165) is 4.68 Å². The summed E-state index contributed by atoms with van der Waals surface area (Å²) in [5, 5.41) is 14.6. The molecule has 0 spiro atoms. The molecule has 0 aliphatic rings. The number of carbonyl (C=O) groups excluding carboxylic acids is 1. The van der Waals surface area contributed by atoms with Crippen molar-refractivity contribution >= 4 is 17.7 Å². The van der Waals surface area contributed by atoms with E-state index in [-0.39, 0.29) is 11.4 Å². The van der Waals surface area contributed by atoms with Crippen LogP contribution in [0.1, 0.15) is 20.8 Å². The number of anilines is 1. The summed E-state index contributed by atoms with van der Waals surface area (Å²) in [5.41, 5.74) is -0.565. The maximum absolute atomic E-state index is 13.9. The SMILES string of the molecule is COc1ccccc1C(=O)Nc1c(F)c(C(=O)O)nn1C. The Kier molecular flexibility index (Phi) is 3.88. The number of rotatable bonds is 4. The minimum atomic E-state index is -1.51. The number of nitrogens with one attached hydrogen (secondary N) is 1. The molecule has 110 valence electrons. The number of benzene rings is 1. The number of aromatic nitrogens is 2. The van der Waals surface area contributed by atoms with Gasteiger partial charge in [0.05, 0.1) is 12.7 Å². The van der Waals surface area contributed by atoms with Gasteiger partial charge in [-0.1, -0.05) is 12.1 Å². The molecule has 0 aliphatic carbocycles. The lowest BCUT2D eigenvalue weighted by Crippen LogP contribution is -2.16. The fourth-order valence-corrected chi connectivity index (χ4v) is 1.78. The van der Waals surface area contributed by atoms with Gasteiger partial charge in [-0.05, 0) is 12.1 Å². The molecule has 0 aliphatic heterocycles. The smallest absolute Gasteiger partial charge is 0.359 e. The van der Waals surface area contributed by atoms with Crippen molar-refractivity contribution in [1.82, 2.24) is 9.78 Å². The van der Waals surface area contributed by atoms with Gasteiger partial charge in [0, 0.05) is 7.05 Å². The van der Waals surface area contributed by atoms with Crippen molar-refractivity contribution in [2.75, 3.05) is 12.4 Å². The third-order valence-corrected chi connectivity index (χ3v) is 2.78. The quantitative estimate of drug-likeness (QED) is 0.891. The zero-order valence-electron chi connectivity index (χ0n) is 11.3. The van der Waals surface area contributed by atoms with Gasteiger partial charge in [0.1, 0.15) is 5.75 Å². The Morgan fingerprint density at radius 2 is 2.05 bits per heavy atom. The number of halogens is 1. The van der Waals surface area contributed by atoms with E-state index < -0.39 is 23.4 Å². The van der Waals surface area contributed by atoms with Crippen molar-refractivity contribution in [3.05, 3.63) is 41.3 Å². The van der Waals surface area contributed by atoms with Gasteiger partial charge >= 0.3 is 5.97 Å². The second kappa shape index (κ2) is 5.61. The van der Waals surface area contributed by atoms with Gasteiger partial charge in [0.25, 0.3) is 5.91 Å². The minimum absolute atomic E-state index is 0.192. The van der Waals surface area contributed by atoms with E-state index in [9.17, 15) is 14.0 Å². The molecule has 0 unspecified atom stereocenters. The second-order valence-corrected chi connectivity index (χ2v) is 4.09. The number of ether oxygens (including phenoxy) is 1. The average Bonchev–Trinajstić information content (AvgIpc) is 2.75. The lowest BCUT2D eigenvalue weighted by atomic mass is 10.2. The van der Waals surface area contributed by atoms with Crippen LogP contribution in [0.25, 0.3) is 0 Å². The number of hydrogen-bond donors (Lipinski definition) is 2. The zero-order valence-corrected chi connectivity index (χ0v) is 11.3. The van der Waals surface area contributed by atoms with Gasteiger partial charge in [0.15, 0.2) is 11.6 Å². The van der Waals surface area contributed by atoms with Crippen LogP contribution in [-0.4, -0.2) is 33.9 Å². The highest BCUT2D eigenvalue weighted by atomic mass is 19.1. The average molecular weight is 293 g/mol. The molecule has 8 heteroatoms. The summed E-state index contributed by atoms with van der Waals surface area (Å²) in [6, 6.07) is 6.39. The van der Waals surface area contributed by atoms with Crippen LogP contribution in [0.3, 0.4) is 0 Å². The standard InChI is InChI=1S/C13H12FN3O4/c1-17-11(9(14)10(16-17)13(19)20)15-12(18)7-5-3-4-6-8(7)21-2/h3-6H,1-2H3,(H,15,18)(H,19,20). The van der Waals surface area contributed by atoms with Crippen LogP contribution in [-0.2, 0) is 7.05 Å². The first-order valence-corrected chi connectivity index (χ1v) is 5.85. The van der Waals surface area contributed by atoms with Gasteiger partial charge < -0.3 is 15.2 Å². The Morgan fingerprint density at radius 3 is 2.62 bits per heavy atom. The number of nitrogens with zero attached hydrogens (tertiary/aromatic N) is 2. The van der Waals surface area contributed by atoms with E-state index in [1.165, 1.54) is 20.2 Å². The Hall–Kier alpha value is -2.90. The van der Waals surface area contributed by atoms with Crippen molar-refractivity contribution in [3.63, 3.8) is 0 Å². The highest BCUT2D eigenvalue weighted by Gasteiger charge is 2.24. The molecular formula is C13H12FN3O4. The Morgan fingerprint density at radius 1 is 1.38 bits per heavy atom. The van der Waals surface area contributed by atoms with Crippen LogP contribution >= 0.6 is 0 Å². The van der Waals surface area contributed by atoms with Crippen LogP contribution < -0.4 is 10.1 Å². The fraction of sp³-hybridized carbons (Fsp3) is 0.154. The van der Waals surface area contributed by atoms with E-state index in [1.807, 2.05) is 0 Å². The minimum Gasteiger partial charge on any atom is -0.496 e. The number of aromatic carboxylic acids is 1. The number of methoxy groups -OCH3 is 1. The van der Waals surface area contributed by atoms with Crippen molar-refractivity contribution in [3.8, 4) is 5.75 Å². The third-order valence-electron chi connectivity index (χ3n) is 2.78. The number of hydrogen-bond acceptors (Lipinski definition) is 4. The normalized spacial score (nSPS) is 10.2. The molecule has 0 saturated carbocycles. The van der Waals surface area contributed by atoms with Crippen LogP contribution in [0.2, 0.25) is 0 Å². The molecule has 0 bridgehead atoms. The lowest BCUT2D eigenvalue weighted by Gasteiger charge is -2.09. The van der Waals surface area contributed by atoms with Gasteiger partial charge in [-0.2, -0.15) is 5.10 Å². The van der Waals surface area contributed by atoms with E-state index >= 15 is 0 Å². The number of amides is 1. The Bertz CT molecular complexity index is 711. The lowest BCUT2D eigenvalue weighted by molar-refractivity contribution is 0.0684. The van der Waals surface area contributed by atoms with Crippen molar-refractivity contribution < 1.29 is 23.8 Å². The van der Waals surface area contributed by atoms with Gasteiger partial charge in [-0.3, -0.25) is 4.79 Å². The number of carboxylic acid groups (broad SMARTS) is 1. The molecule has 2 aromatic rings. The molecule has 2 rings (SSSR count). The van der Waals surface area contributed by atoms with Gasteiger partial charge in [0.2, 0.25) is 5.69 Å². The van der Waals surface area contributed by atoms with Crippen molar-refractivity contribution in [2.45, 2.75) is 0 Å². The first kappa shape index (κ1) is 14.5. The molecule has 1 amide bonds. The summed E-state index contributed by atoms with van der Waals surface area (Å²) in [5.74, 6) is -3.26. The predicted octanol–water partition coefficient (Wildman–Crippen LogP) is 1.52. The predicted molar refractivity (Wildman–Crippen MR) is 71.1 cm³/mol. The number of carbonyl (C=O) groups is 2. The number of carboxylic acids is 1. The van der Waals surface area contributed by atoms with E-state index in [2.05, 4.69) is 10.4 Å². The fourth-order valence-electron chi connectivity index (χ4n) is 1.78.